The Bertz CT molecular complexity index is 255. The second-order valence-corrected chi connectivity index (χ2v) is 5.45. The summed E-state index contributed by atoms with van der Waals surface area (Å²) in [5.41, 5.74) is 0. The zero-order valence-electron chi connectivity index (χ0n) is 9.57. The molecule has 2 rings (SSSR count). The Balaban J connectivity index is 1.84. The van der Waals surface area contributed by atoms with Crippen molar-refractivity contribution < 1.29 is 9.90 Å². The third-order valence-corrected chi connectivity index (χ3v) is 3.88. The molecule has 2 aliphatic rings. The average molecular weight is 246 g/mol. The van der Waals surface area contributed by atoms with E-state index < -0.39 is 0 Å². The molecule has 1 N–H and O–H groups in total. The summed E-state index contributed by atoms with van der Waals surface area (Å²) in [6.45, 7) is 1.42. The number of aliphatic hydroxyl groups excluding tert-OH is 1. The molecule has 1 aliphatic heterocycles. The van der Waals surface area contributed by atoms with E-state index in [4.69, 9.17) is 11.6 Å². The molecule has 1 saturated heterocycles. The van der Waals surface area contributed by atoms with E-state index in [9.17, 15) is 9.90 Å². The maximum absolute atomic E-state index is 11.7. The molecule has 0 aromatic carbocycles. The molecular formula is C12H20ClNO2. The van der Waals surface area contributed by atoms with Gasteiger partial charge in [0.1, 0.15) is 0 Å². The predicted molar refractivity (Wildman–Crippen MR) is 63.4 cm³/mol. The van der Waals surface area contributed by atoms with E-state index in [0.717, 1.165) is 25.3 Å². The summed E-state index contributed by atoms with van der Waals surface area (Å²) in [5.74, 6) is 1.64. The summed E-state index contributed by atoms with van der Waals surface area (Å²) >= 11 is 5.58. The molecule has 1 amide bonds. The van der Waals surface area contributed by atoms with Crippen molar-refractivity contribution in [3.63, 3.8) is 0 Å². The fourth-order valence-electron chi connectivity index (χ4n) is 2.50. The van der Waals surface area contributed by atoms with Crippen LogP contribution in [0.15, 0.2) is 0 Å². The van der Waals surface area contributed by atoms with Crippen molar-refractivity contribution in [2.75, 3.05) is 19.0 Å². The van der Waals surface area contributed by atoms with Gasteiger partial charge in [-0.05, 0) is 18.8 Å². The summed E-state index contributed by atoms with van der Waals surface area (Å²) in [7, 11) is 0. The Morgan fingerprint density at radius 3 is 2.75 bits per heavy atom. The van der Waals surface area contributed by atoms with Crippen LogP contribution >= 0.6 is 11.6 Å². The van der Waals surface area contributed by atoms with Crippen LogP contribution in [-0.4, -0.2) is 41.0 Å². The highest BCUT2D eigenvalue weighted by Gasteiger charge is 2.34. The van der Waals surface area contributed by atoms with Gasteiger partial charge in [0.15, 0.2) is 0 Å². The van der Waals surface area contributed by atoms with Crippen LogP contribution in [0.25, 0.3) is 0 Å². The van der Waals surface area contributed by atoms with Gasteiger partial charge in [-0.1, -0.05) is 12.8 Å². The number of rotatable bonds is 4. The molecule has 0 aromatic rings. The molecule has 0 aromatic heterocycles. The summed E-state index contributed by atoms with van der Waals surface area (Å²) < 4.78 is 0. The number of piperidine rings is 1. The van der Waals surface area contributed by atoms with E-state index in [1.54, 1.807) is 0 Å². The molecule has 0 spiro atoms. The van der Waals surface area contributed by atoms with Crippen molar-refractivity contribution in [2.24, 2.45) is 11.8 Å². The highest BCUT2D eigenvalue weighted by Crippen LogP contribution is 2.37. The van der Waals surface area contributed by atoms with E-state index >= 15 is 0 Å². The van der Waals surface area contributed by atoms with E-state index in [1.807, 2.05) is 4.90 Å². The normalized spacial score (nSPS) is 30.5. The number of likely N-dealkylation sites (tertiary alicyclic amines) is 1. The minimum atomic E-state index is -0.208. The highest BCUT2D eigenvalue weighted by molar-refractivity contribution is 6.18. The van der Waals surface area contributed by atoms with Crippen molar-refractivity contribution in [3.8, 4) is 0 Å². The van der Waals surface area contributed by atoms with Crippen LogP contribution in [0.2, 0.25) is 0 Å². The molecule has 4 heteroatoms. The number of alkyl halides is 1. The number of carbonyl (C=O) groups is 1. The Kier molecular flexibility index (Phi) is 4.09. The molecule has 2 atom stereocenters. The van der Waals surface area contributed by atoms with Crippen LogP contribution in [0.4, 0.5) is 0 Å². The Labute approximate surface area is 102 Å². The number of carbonyl (C=O) groups excluding carboxylic acids is 1. The second-order valence-electron chi connectivity index (χ2n) is 5.07. The fraction of sp³-hybridized carbons (Fsp3) is 0.917. The fourth-order valence-corrected chi connectivity index (χ4v) is 2.66. The molecule has 0 bridgehead atoms. The van der Waals surface area contributed by atoms with Gasteiger partial charge in [-0.15, -0.1) is 11.6 Å². The van der Waals surface area contributed by atoms with Gasteiger partial charge >= 0.3 is 0 Å². The Morgan fingerprint density at radius 1 is 1.38 bits per heavy atom. The van der Waals surface area contributed by atoms with Crippen molar-refractivity contribution in [1.82, 2.24) is 4.90 Å². The largest absolute Gasteiger partial charge is 0.393 e. The van der Waals surface area contributed by atoms with Gasteiger partial charge < -0.3 is 10.0 Å². The van der Waals surface area contributed by atoms with E-state index in [2.05, 4.69) is 0 Å². The first-order valence-corrected chi connectivity index (χ1v) is 6.76. The van der Waals surface area contributed by atoms with Crippen molar-refractivity contribution in [2.45, 2.75) is 38.2 Å². The minimum Gasteiger partial charge on any atom is -0.393 e. The van der Waals surface area contributed by atoms with Gasteiger partial charge in [0.05, 0.1) is 6.10 Å². The molecule has 2 fully saturated rings. The van der Waals surface area contributed by atoms with E-state index in [-0.39, 0.29) is 12.0 Å². The first-order chi connectivity index (χ1) is 7.70. The average Bonchev–Trinajstić information content (AvgIpc) is 3.05. The lowest BCUT2D eigenvalue weighted by Gasteiger charge is -2.36. The summed E-state index contributed by atoms with van der Waals surface area (Å²) in [4.78, 5) is 13.6. The van der Waals surface area contributed by atoms with Crippen LogP contribution in [-0.2, 0) is 4.79 Å². The topological polar surface area (TPSA) is 40.5 Å². The predicted octanol–water partition coefficient (Wildman–Crippen LogP) is 1.62. The lowest BCUT2D eigenvalue weighted by Crippen LogP contribution is -2.46. The Morgan fingerprint density at radius 2 is 2.12 bits per heavy atom. The SMILES string of the molecule is O=C(CCCl)N1CC[C@@H](O)[C@@H](CC2CC2)C1. The van der Waals surface area contributed by atoms with Crippen molar-refractivity contribution in [1.29, 1.82) is 0 Å². The second kappa shape index (κ2) is 5.37. The number of hydrogen-bond acceptors (Lipinski definition) is 2. The smallest absolute Gasteiger partial charge is 0.223 e. The van der Waals surface area contributed by atoms with Gasteiger partial charge in [-0.3, -0.25) is 4.79 Å². The maximum atomic E-state index is 11.7. The molecule has 0 unspecified atom stereocenters. The number of nitrogens with zero attached hydrogens (tertiary/aromatic N) is 1. The lowest BCUT2D eigenvalue weighted by atomic mass is 9.89. The number of aliphatic hydroxyl groups is 1. The molecular weight excluding hydrogens is 226 g/mol. The van der Waals surface area contributed by atoms with Crippen LogP contribution < -0.4 is 0 Å². The molecule has 3 nitrogen and oxygen atoms in total. The molecule has 1 saturated carbocycles. The lowest BCUT2D eigenvalue weighted by molar-refractivity contribution is -0.134. The number of halogens is 1. The summed E-state index contributed by atoms with van der Waals surface area (Å²) in [5, 5.41) is 9.91. The molecule has 0 radical (unpaired) electrons. The van der Waals surface area contributed by atoms with Gasteiger partial charge in [0.2, 0.25) is 5.91 Å². The summed E-state index contributed by atoms with van der Waals surface area (Å²) in [6, 6.07) is 0. The monoisotopic (exact) mass is 245 g/mol. The van der Waals surface area contributed by atoms with Crippen LogP contribution in [0.1, 0.15) is 32.1 Å². The molecule has 1 aliphatic carbocycles. The molecule has 16 heavy (non-hydrogen) atoms. The first-order valence-electron chi connectivity index (χ1n) is 6.22. The molecule has 92 valence electrons. The van der Waals surface area contributed by atoms with Gasteiger partial charge in [0, 0.05) is 31.3 Å². The van der Waals surface area contributed by atoms with Crippen LogP contribution in [0.3, 0.4) is 0 Å². The standard InChI is InChI=1S/C12H20ClNO2/c13-5-3-12(16)14-6-4-11(15)10(8-14)7-9-1-2-9/h9-11,15H,1-8H2/t10-,11+/m0/s1. The number of amides is 1. The Hall–Kier alpha value is -0.280. The summed E-state index contributed by atoms with van der Waals surface area (Å²) in [6.07, 6.45) is 4.64. The van der Waals surface area contributed by atoms with Crippen molar-refractivity contribution >= 4 is 17.5 Å². The quantitative estimate of drug-likeness (QED) is 0.765. The third kappa shape index (κ3) is 3.11. The third-order valence-electron chi connectivity index (χ3n) is 3.69. The van der Waals surface area contributed by atoms with Gasteiger partial charge in [-0.25, -0.2) is 0 Å². The molecule has 1 heterocycles. The first kappa shape index (κ1) is 12.2. The zero-order valence-corrected chi connectivity index (χ0v) is 10.3. The highest BCUT2D eigenvalue weighted by atomic mass is 35.5. The maximum Gasteiger partial charge on any atom is 0.223 e. The van der Waals surface area contributed by atoms with Crippen LogP contribution in [0, 0.1) is 11.8 Å². The zero-order chi connectivity index (χ0) is 11.5. The van der Waals surface area contributed by atoms with Crippen LogP contribution in [0.5, 0.6) is 0 Å². The van der Waals surface area contributed by atoms with Crippen molar-refractivity contribution in [3.05, 3.63) is 0 Å². The minimum absolute atomic E-state index is 0.141. The van der Waals surface area contributed by atoms with Gasteiger partial charge in [0.25, 0.3) is 0 Å². The van der Waals surface area contributed by atoms with Gasteiger partial charge in [-0.2, -0.15) is 0 Å². The van der Waals surface area contributed by atoms with E-state index in [1.165, 1.54) is 12.8 Å². The van der Waals surface area contributed by atoms with E-state index in [0.29, 0.717) is 24.8 Å². The number of hydrogen-bond donors (Lipinski definition) is 1.